The van der Waals surface area contributed by atoms with Gasteiger partial charge in [0.25, 0.3) is 0 Å². The summed E-state index contributed by atoms with van der Waals surface area (Å²) < 4.78 is 0. The highest BCUT2D eigenvalue weighted by molar-refractivity contribution is 6.36. The maximum Gasteiger partial charge on any atom is 0.0453 e. The van der Waals surface area contributed by atoms with Gasteiger partial charge in [0.1, 0.15) is 0 Å². The Bertz CT molecular complexity index is 443. The summed E-state index contributed by atoms with van der Waals surface area (Å²) in [6.45, 7) is 0. The third kappa shape index (κ3) is 2.78. The van der Waals surface area contributed by atoms with E-state index in [9.17, 15) is 0 Å². The maximum absolute atomic E-state index is 6.09. The lowest BCUT2D eigenvalue weighted by Gasteiger charge is -2.06. The summed E-state index contributed by atoms with van der Waals surface area (Å²) in [4.78, 5) is 0. The van der Waals surface area contributed by atoms with Crippen molar-refractivity contribution in [3.63, 3.8) is 0 Å². The molecule has 0 fully saturated rings. The van der Waals surface area contributed by atoms with Crippen molar-refractivity contribution in [2.45, 2.75) is 6.42 Å². The fourth-order valence-corrected chi connectivity index (χ4v) is 2.09. The molecular formula is C14H11Cl2. The van der Waals surface area contributed by atoms with Gasteiger partial charge < -0.3 is 0 Å². The van der Waals surface area contributed by atoms with Gasteiger partial charge in [-0.1, -0.05) is 59.6 Å². The summed E-state index contributed by atoms with van der Waals surface area (Å²) in [5.41, 5.74) is 2.16. The van der Waals surface area contributed by atoms with Crippen LogP contribution >= 0.6 is 23.2 Å². The summed E-state index contributed by atoms with van der Waals surface area (Å²) in [6, 6.07) is 15.7. The highest BCUT2D eigenvalue weighted by atomic mass is 35.5. The van der Waals surface area contributed by atoms with Crippen LogP contribution in [0.15, 0.2) is 48.5 Å². The molecule has 2 heteroatoms. The van der Waals surface area contributed by atoms with Crippen molar-refractivity contribution < 1.29 is 0 Å². The molecule has 0 N–H and O–H groups in total. The van der Waals surface area contributed by atoms with Gasteiger partial charge in [0, 0.05) is 10.0 Å². The van der Waals surface area contributed by atoms with E-state index in [2.05, 4.69) is 18.6 Å². The molecule has 0 aliphatic rings. The van der Waals surface area contributed by atoms with Gasteiger partial charge in [0.05, 0.1) is 0 Å². The minimum absolute atomic E-state index is 0.722. The summed E-state index contributed by atoms with van der Waals surface area (Å²) in [5.74, 6) is 0. The van der Waals surface area contributed by atoms with Crippen LogP contribution in [0.3, 0.4) is 0 Å². The second kappa shape index (κ2) is 5.38. The standard InChI is InChI=1S/C14H11Cl2/c15-13-7-4-8-14(16)12(13)10-9-11-5-2-1-3-6-11/h1-9H,10H2. The zero-order valence-electron chi connectivity index (χ0n) is 8.66. The second-order valence-electron chi connectivity index (χ2n) is 3.52. The second-order valence-corrected chi connectivity index (χ2v) is 4.33. The van der Waals surface area contributed by atoms with E-state index in [-0.39, 0.29) is 0 Å². The molecule has 2 aromatic rings. The van der Waals surface area contributed by atoms with Crippen molar-refractivity contribution in [2.24, 2.45) is 0 Å². The molecule has 81 valence electrons. The number of hydrogen-bond donors (Lipinski definition) is 0. The molecule has 2 aromatic carbocycles. The first kappa shape index (κ1) is 11.5. The number of hydrogen-bond acceptors (Lipinski definition) is 0. The van der Waals surface area contributed by atoms with Crippen LogP contribution in [0.25, 0.3) is 0 Å². The zero-order chi connectivity index (χ0) is 11.4. The maximum atomic E-state index is 6.09. The van der Waals surface area contributed by atoms with Gasteiger partial charge in [-0.25, -0.2) is 0 Å². The molecule has 16 heavy (non-hydrogen) atoms. The van der Waals surface area contributed by atoms with Crippen molar-refractivity contribution in [2.75, 3.05) is 0 Å². The molecule has 0 spiro atoms. The molecule has 1 radical (unpaired) electrons. The predicted octanol–water partition coefficient (Wildman–Crippen LogP) is 4.79. The van der Waals surface area contributed by atoms with Gasteiger partial charge in [-0.15, -0.1) is 0 Å². The van der Waals surface area contributed by atoms with Crippen LogP contribution in [0.5, 0.6) is 0 Å². The van der Waals surface area contributed by atoms with E-state index in [0.29, 0.717) is 0 Å². The van der Waals surface area contributed by atoms with Gasteiger partial charge in [-0.3, -0.25) is 0 Å². The Morgan fingerprint density at radius 3 is 2.06 bits per heavy atom. The SMILES string of the molecule is Clc1cccc(Cl)c1C[CH]c1ccccc1. The van der Waals surface area contributed by atoms with E-state index in [4.69, 9.17) is 23.2 Å². The molecule has 0 atom stereocenters. The normalized spacial score (nSPS) is 10.4. The molecule has 0 aliphatic heterocycles. The number of halogens is 2. The Hall–Kier alpha value is -0.980. The van der Waals surface area contributed by atoms with E-state index >= 15 is 0 Å². The molecule has 0 heterocycles. The van der Waals surface area contributed by atoms with Crippen LogP contribution < -0.4 is 0 Å². The lowest BCUT2D eigenvalue weighted by Crippen LogP contribution is -1.90. The van der Waals surface area contributed by atoms with Crippen molar-refractivity contribution in [1.29, 1.82) is 0 Å². The van der Waals surface area contributed by atoms with Crippen LogP contribution in [0.1, 0.15) is 11.1 Å². The van der Waals surface area contributed by atoms with E-state index in [1.807, 2.05) is 36.4 Å². The quantitative estimate of drug-likeness (QED) is 0.734. The first-order valence-electron chi connectivity index (χ1n) is 5.08. The van der Waals surface area contributed by atoms with Gasteiger partial charge in [-0.2, -0.15) is 0 Å². The summed E-state index contributed by atoms with van der Waals surface area (Å²) in [5, 5.41) is 1.44. The monoisotopic (exact) mass is 249 g/mol. The molecule has 0 amide bonds. The Kier molecular flexibility index (Phi) is 3.87. The Labute approximate surface area is 106 Å². The molecular weight excluding hydrogens is 239 g/mol. The first-order valence-corrected chi connectivity index (χ1v) is 5.84. The van der Waals surface area contributed by atoms with E-state index < -0.39 is 0 Å². The molecule has 0 bridgehead atoms. The third-order valence-corrected chi connectivity index (χ3v) is 3.11. The molecule has 0 unspecified atom stereocenters. The number of benzene rings is 2. The van der Waals surface area contributed by atoms with Crippen molar-refractivity contribution in [3.8, 4) is 0 Å². The van der Waals surface area contributed by atoms with Crippen LogP contribution in [0, 0.1) is 6.42 Å². The van der Waals surface area contributed by atoms with Gasteiger partial charge >= 0.3 is 0 Å². The summed E-state index contributed by atoms with van der Waals surface area (Å²) >= 11 is 12.2. The fraction of sp³-hybridized carbons (Fsp3) is 0.0714. The van der Waals surface area contributed by atoms with Gasteiger partial charge in [-0.05, 0) is 36.1 Å². The van der Waals surface area contributed by atoms with Gasteiger partial charge in [0.15, 0.2) is 0 Å². The lowest BCUT2D eigenvalue weighted by molar-refractivity contribution is 1.17. The molecule has 0 nitrogen and oxygen atoms in total. The van der Waals surface area contributed by atoms with E-state index in [1.54, 1.807) is 0 Å². The highest BCUT2D eigenvalue weighted by Gasteiger charge is 2.05. The van der Waals surface area contributed by atoms with Crippen molar-refractivity contribution >= 4 is 23.2 Å². The fourth-order valence-electron chi connectivity index (χ4n) is 1.54. The Balaban J connectivity index is 2.11. The van der Waals surface area contributed by atoms with Crippen LogP contribution in [-0.4, -0.2) is 0 Å². The zero-order valence-corrected chi connectivity index (χ0v) is 10.2. The largest absolute Gasteiger partial charge is 0.0840 e. The average molecular weight is 250 g/mol. The summed E-state index contributed by atoms with van der Waals surface area (Å²) in [7, 11) is 0. The first-order chi connectivity index (χ1) is 7.77. The predicted molar refractivity (Wildman–Crippen MR) is 70.0 cm³/mol. The number of rotatable bonds is 3. The van der Waals surface area contributed by atoms with Crippen molar-refractivity contribution in [3.05, 3.63) is 76.1 Å². The minimum atomic E-state index is 0.722. The molecule has 0 saturated heterocycles. The van der Waals surface area contributed by atoms with Crippen LogP contribution in [-0.2, 0) is 6.42 Å². The topological polar surface area (TPSA) is 0 Å². The molecule has 0 aromatic heterocycles. The summed E-state index contributed by atoms with van der Waals surface area (Å²) in [6.07, 6.45) is 2.87. The molecule has 2 rings (SSSR count). The van der Waals surface area contributed by atoms with Gasteiger partial charge in [0.2, 0.25) is 0 Å². The van der Waals surface area contributed by atoms with Crippen molar-refractivity contribution in [1.82, 2.24) is 0 Å². The highest BCUT2D eigenvalue weighted by Crippen LogP contribution is 2.26. The molecule has 0 saturated carbocycles. The smallest absolute Gasteiger partial charge is 0.0453 e. The van der Waals surface area contributed by atoms with E-state index in [0.717, 1.165) is 22.0 Å². The van der Waals surface area contributed by atoms with Crippen LogP contribution in [0.2, 0.25) is 10.0 Å². The van der Waals surface area contributed by atoms with E-state index in [1.165, 1.54) is 5.56 Å². The average Bonchev–Trinajstić information content (AvgIpc) is 2.30. The molecule has 0 aliphatic carbocycles. The Morgan fingerprint density at radius 1 is 0.812 bits per heavy atom. The minimum Gasteiger partial charge on any atom is -0.0840 e. The lowest BCUT2D eigenvalue weighted by atomic mass is 10.0. The van der Waals surface area contributed by atoms with Crippen LogP contribution in [0.4, 0.5) is 0 Å². The third-order valence-electron chi connectivity index (χ3n) is 2.40. The Morgan fingerprint density at radius 2 is 1.44 bits per heavy atom.